The third-order valence-electron chi connectivity index (χ3n) is 31.0. The van der Waals surface area contributed by atoms with Crippen LogP contribution in [-0.4, -0.2) is 15.0 Å². The van der Waals surface area contributed by atoms with E-state index in [0.717, 1.165) is 81.7 Å². The Hall–Kier alpha value is -19.4. The molecule has 32 rings (SSSR count). The zero-order chi connectivity index (χ0) is 97.8. The number of rotatable bonds is 9. The zero-order valence-electron chi connectivity index (χ0n) is 80.6. The molecule has 6 heteroatoms. The van der Waals surface area contributed by atoms with Crippen molar-refractivity contribution in [2.24, 2.45) is 0 Å². The van der Waals surface area contributed by atoms with Crippen LogP contribution in [0, 0.1) is 0 Å². The predicted octanol–water partition coefficient (Wildman–Crippen LogP) is 40.6. The Morgan fingerprint density at radius 2 is 0.409 bits per heavy atom. The molecular weight excluding hydrogens is 1820 g/mol. The van der Waals surface area contributed by atoms with E-state index in [9.17, 15) is 0 Å². The first-order valence-electron chi connectivity index (χ1n) is 51.0. The first kappa shape index (κ1) is 85.2. The van der Waals surface area contributed by atoms with Gasteiger partial charge in [-0.05, 0) is 319 Å². The number of thiazole rings is 1. The normalized spacial score (nSPS) is 11.9. The molecule has 0 N–H and O–H groups in total. The van der Waals surface area contributed by atoms with Gasteiger partial charge in [-0.1, -0.05) is 431 Å². The topological polar surface area (TPSA) is 65.0 Å². The molecule has 29 aromatic carbocycles. The maximum absolute atomic E-state index is 6.53. The summed E-state index contributed by atoms with van der Waals surface area (Å²) >= 11 is 1.79. The molecule has 0 aliphatic heterocycles. The maximum atomic E-state index is 6.53. The van der Waals surface area contributed by atoms with Crippen LogP contribution in [-0.2, 0) is 0 Å². The average Bonchev–Trinajstić information content (AvgIpc) is 1.31. The highest BCUT2D eigenvalue weighted by molar-refractivity contribution is 7.22. The van der Waals surface area contributed by atoms with Crippen molar-refractivity contribution in [1.82, 2.24) is 15.0 Å². The molecule has 0 aliphatic carbocycles. The summed E-state index contributed by atoms with van der Waals surface area (Å²) in [6.07, 6.45) is 0. The third kappa shape index (κ3) is 14.2. The molecule has 0 fully saturated rings. The highest BCUT2D eigenvalue weighted by atomic mass is 32.1. The molecule has 0 atom stereocenters. The van der Waals surface area contributed by atoms with Gasteiger partial charge < -0.3 is 8.83 Å². The van der Waals surface area contributed by atoms with E-state index in [1.807, 2.05) is 60.7 Å². The summed E-state index contributed by atoms with van der Waals surface area (Å²) in [6.45, 7) is 0. The molecule has 690 valence electrons. The maximum Gasteiger partial charge on any atom is 0.227 e. The quantitative estimate of drug-likeness (QED) is 0.135. The fourth-order valence-corrected chi connectivity index (χ4v) is 25.1. The summed E-state index contributed by atoms with van der Waals surface area (Å²) in [4.78, 5) is 14.8. The molecule has 3 aromatic heterocycles. The van der Waals surface area contributed by atoms with Crippen LogP contribution in [0.5, 0.6) is 0 Å². The summed E-state index contributed by atoms with van der Waals surface area (Å²) in [5, 5.41) is 43.4. The molecule has 0 amide bonds. The molecule has 0 unspecified atom stereocenters. The van der Waals surface area contributed by atoms with E-state index >= 15 is 0 Å². The second kappa shape index (κ2) is 34.7. The van der Waals surface area contributed by atoms with Crippen molar-refractivity contribution in [3.8, 4) is 100 Å². The van der Waals surface area contributed by atoms with Crippen molar-refractivity contribution in [3.05, 3.63) is 516 Å². The average molecular weight is 1910 g/mol. The van der Waals surface area contributed by atoms with Crippen LogP contribution in [0.1, 0.15) is 0 Å². The largest absolute Gasteiger partial charge is 0.435 e. The molecule has 149 heavy (non-hydrogen) atoms. The molecule has 0 saturated heterocycles. The van der Waals surface area contributed by atoms with E-state index in [2.05, 4.69) is 455 Å². The van der Waals surface area contributed by atoms with Crippen LogP contribution in [0.15, 0.2) is 524 Å². The van der Waals surface area contributed by atoms with E-state index in [-0.39, 0.29) is 0 Å². The number of hydrogen-bond acceptors (Lipinski definition) is 6. The van der Waals surface area contributed by atoms with Crippen molar-refractivity contribution in [2.45, 2.75) is 0 Å². The number of hydrogen-bond donors (Lipinski definition) is 0. The number of aromatic nitrogens is 3. The number of oxazole rings is 2. The molecular formula is C143H85N3O2S. The van der Waals surface area contributed by atoms with Crippen LogP contribution < -0.4 is 0 Å². The minimum absolute atomic E-state index is 0.641. The molecule has 0 aliphatic rings. The van der Waals surface area contributed by atoms with Gasteiger partial charge >= 0.3 is 0 Å². The SMILES string of the molecule is c1ccc(-c2nc3ccc4ccc5ccc(-c6ccc(-c7ccc8c9ccccc9c9ccccc9c8c7)c7ccccc67)cc5c4c3o2)cc1.c1ccc(-c2nc3ccc4ccc5ccc(-c6cccc(-c7cc8c9ccccc9ccc8c8ccccc78)c6)cc5c4c3o2)cc1.c1ccc(-c2nc3ccc4ccc5ccc(-c6cccc7c(-c8ccc9c%10ccccc%10c%10ccccc%10c9c8)cccc67)cc5c4c3s2)cc1. The molecule has 5 nitrogen and oxygen atoms in total. The lowest BCUT2D eigenvalue weighted by Crippen LogP contribution is -1.88. The number of fused-ring (bicyclic) bond motifs is 34. The predicted molar refractivity (Wildman–Crippen MR) is 634 cm³/mol. The Bertz CT molecular complexity index is 10800. The number of nitrogens with zero attached hydrogens (tertiary/aromatic N) is 3. The Morgan fingerprint density at radius 1 is 0.141 bits per heavy atom. The summed E-state index contributed by atoms with van der Waals surface area (Å²) in [5.41, 5.74) is 22.1. The lowest BCUT2D eigenvalue weighted by atomic mass is 9.88. The molecule has 0 bridgehead atoms. The molecule has 3 heterocycles. The van der Waals surface area contributed by atoms with Crippen LogP contribution in [0.4, 0.5) is 0 Å². The van der Waals surface area contributed by atoms with E-state index in [4.69, 9.17) is 23.8 Å². The standard InChI is InChI=1S/C49H29NO.C49H29NS.C45H27NO/c1-2-10-32(11-3-1)49-50-46-27-23-31-20-18-30-19-21-33(28-44(30)47(31)48(46)51-49)35-25-26-36(38-13-5-4-12-37(35)38)34-22-24-43-41-16-7-6-14-39(41)40-15-8-9-17-42(40)45(43)29-34;1-2-10-32(11-3-1)49-50-46-27-25-31-22-20-30-21-23-33(28-44(30)47(31)48(46)51-49)35-16-8-19-38-36(17-9-18-37(35)38)34-24-26-43-41-14-5-4-12-39(41)40-13-6-7-15-42(40)45(43)29-34;1-2-10-31(11-3-1)45-46-42-24-22-30-19-17-29-18-20-33(26-40(29)43(30)44(42)47-45)32-12-8-13-34(25-32)39-27-41-35-14-5-4-9-28(35)21-23-38(41)36-15-6-7-16-37(36)39/h2*1-29H;1-27H. The first-order valence-corrected chi connectivity index (χ1v) is 51.8. The molecule has 0 radical (unpaired) electrons. The van der Waals surface area contributed by atoms with Gasteiger partial charge in [0, 0.05) is 32.8 Å². The van der Waals surface area contributed by atoms with E-state index in [1.165, 1.54) is 222 Å². The van der Waals surface area contributed by atoms with Gasteiger partial charge in [-0.2, -0.15) is 0 Å². The minimum Gasteiger partial charge on any atom is -0.435 e. The first-order chi connectivity index (χ1) is 73.8. The van der Waals surface area contributed by atoms with Gasteiger partial charge in [0.15, 0.2) is 11.2 Å². The van der Waals surface area contributed by atoms with Gasteiger partial charge in [-0.15, -0.1) is 11.3 Å². The van der Waals surface area contributed by atoms with Gasteiger partial charge in [-0.25, -0.2) is 15.0 Å². The number of benzene rings is 29. The van der Waals surface area contributed by atoms with Gasteiger partial charge in [0.2, 0.25) is 11.8 Å². The molecule has 0 spiro atoms. The van der Waals surface area contributed by atoms with Crippen LogP contribution in [0.25, 0.3) is 316 Å². The fourth-order valence-electron chi connectivity index (χ4n) is 23.9. The summed E-state index contributed by atoms with van der Waals surface area (Å²) < 4.78 is 14.3. The Morgan fingerprint density at radius 3 is 0.879 bits per heavy atom. The van der Waals surface area contributed by atoms with Crippen molar-refractivity contribution in [2.75, 3.05) is 0 Å². The van der Waals surface area contributed by atoms with Crippen LogP contribution >= 0.6 is 11.3 Å². The van der Waals surface area contributed by atoms with Crippen LogP contribution in [0.2, 0.25) is 0 Å². The van der Waals surface area contributed by atoms with Crippen LogP contribution in [0.3, 0.4) is 0 Å². The highest BCUT2D eigenvalue weighted by Crippen LogP contribution is 2.50. The van der Waals surface area contributed by atoms with Gasteiger partial charge in [-0.3, -0.25) is 0 Å². The van der Waals surface area contributed by atoms with Crippen molar-refractivity contribution in [3.63, 3.8) is 0 Å². The smallest absolute Gasteiger partial charge is 0.227 e. The summed E-state index contributed by atoms with van der Waals surface area (Å²) in [5.74, 6) is 1.28. The molecule has 0 saturated carbocycles. The Kier molecular flexibility index (Phi) is 19.9. The summed E-state index contributed by atoms with van der Waals surface area (Å²) in [6, 6.07) is 187. The van der Waals surface area contributed by atoms with Gasteiger partial charge in [0.05, 0.1) is 10.2 Å². The van der Waals surface area contributed by atoms with Gasteiger partial charge in [0.1, 0.15) is 16.0 Å². The third-order valence-corrected chi connectivity index (χ3v) is 32.1. The minimum atomic E-state index is 0.641. The van der Waals surface area contributed by atoms with E-state index in [0.29, 0.717) is 11.8 Å². The second-order valence-electron chi connectivity index (χ2n) is 39.2. The monoisotopic (exact) mass is 1910 g/mol. The van der Waals surface area contributed by atoms with Crippen molar-refractivity contribution >= 4 is 227 Å². The van der Waals surface area contributed by atoms with Gasteiger partial charge in [0.25, 0.3) is 0 Å². The fraction of sp³-hybridized carbons (Fsp3) is 0. The highest BCUT2D eigenvalue weighted by Gasteiger charge is 2.24. The second-order valence-corrected chi connectivity index (χ2v) is 40.2. The Labute approximate surface area is 860 Å². The lowest BCUT2D eigenvalue weighted by Gasteiger charge is -2.15. The lowest BCUT2D eigenvalue weighted by molar-refractivity contribution is 0.623. The molecule has 32 aromatic rings. The Balaban J connectivity index is 0.000000103. The van der Waals surface area contributed by atoms with E-state index < -0.39 is 0 Å². The van der Waals surface area contributed by atoms with Crippen molar-refractivity contribution < 1.29 is 8.83 Å². The van der Waals surface area contributed by atoms with E-state index in [1.54, 1.807) is 11.3 Å². The van der Waals surface area contributed by atoms with Crippen molar-refractivity contribution in [1.29, 1.82) is 0 Å². The summed E-state index contributed by atoms with van der Waals surface area (Å²) in [7, 11) is 0. The zero-order valence-corrected chi connectivity index (χ0v) is 81.5.